The molecule has 0 aliphatic heterocycles. The van der Waals surface area contributed by atoms with Gasteiger partial charge in [0, 0.05) is 18.0 Å². The normalized spacial score (nSPS) is 14.9. The number of carbonyl (C=O) groups is 2. The third kappa shape index (κ3) is 2.95. The van der Waals surface area contributed by atoms with Crippen LogP contribution in [0.5, 0.6) is 0 Å². The van der Waals surface area contributed by atoms with E-state index in [0.29, 0.717) is 6.54 Å². The number of likely N-dealkylation sites (N-methyl/N-ethyl adjacent to an activating group) is 1. The lowest BCUT2D eigenvalue weighted by atomic mass is 10.0. The lowest BCUT2D eigenvalue weighted by Crippen LogP contribution is -2.55. The van der Waals surface area contributed by atoms with Gasteiger partial charge in [0.05, 0.1) is 6.54 Å². The molecule has 1 fully saturated rings. The number of rotatable bonds is 5. The van der Waals surface area contributed by atoms with E-state index in [0.717, 1.165) is 17.7 Å². The molecule has 0 atom stereocenters. The second-order valence-corrected chi connectivity index (χ2v) is 6.68. The van der Waals surface area contributed by atoms with E-state index in [-0.39, 0.29) is 12.1 Å². The highest BCUT2D eigenvalue weighted by Crippen LogP contribution is 2.31. The molecule has 2 rings (SSSR count). The van der Waals surface area contributed by atoms with E-state index in [4.69, 9.17) is 0 Å². The Morgan fingerprint density at radius 3 is 2.55 bits per heavy atom. The number of carboxylic acid groups (broad SMARTS) is 1. The van der Waals surface area contributed by atoms with E-state index in [1.807, 2.05) is 17.5 Å². The SMILES string of the molecule is CN(C(=O)N(Cc1cccs1)C1CC1)C(C)(C)C(=O)O. The van der Waals surface area contributed by atoms with Crippen molar-refractivity contribution < 1.29 is 14.7 Å². The number of hydrogen-bond donors (Lipinski definition) is 1. The van der Waals surface area contributed by atoms with E-state index in [1.54, 1.807) is 37.1 Å². The maximum Gasteiger partial charge on any atom is 0.329 e. The smallest absolute Gasteiger partial charge is 0.329 e. The minimum absolute atomic E-state index is 0.215. The van der Waals surface area contributed by atoms with Crippen LogP contribution in [-0.4, -0.2) is 45.5 Å². The Hall–Kier alpha value is -1.56. The van der Waals surface area contributed by atoms with Crippen LogP contribution in [0.15, 0.2) is 17.5 Å². The van der Waals surface area contributed by atoms with Crippen molar-refractivity contribution in [3.05, 3.63) is 22.4 Å². The van der Waals surface area contributed by atoms with Crippen LogP contribution in [0.25, 0.3) is 0 Å². The second kappa shape index (κ2) is 5.44. The van der Waals surface area contributed by atoms with Crippen LogP contribution in [0.4, 0.5) is 4.79 Å². The average molecular weight is 296 g/mol. The fourth-order valence-corrected chi connectivity index (χ4v) is 2.59. The highest BCUT2D eigenvalue weighted by atomic mass is 32.1. The van der Waals surface area contributed by atoms with E-state index in [1.165, 1.54) is 4.90 Å². The van der Waals surface area contributed by atoms with Gasteiger partial charge >= 0.3 is 12.0 Å². The largest absolute Gasteiger partial charge is 0.480 e. The molecule has 1 aliphatic rings. The molecule has 0 saturated heterocycles. The molecule has 1 aromatic heterocycles. The fraction of sp³-hybridized carbons (Fsp3) is 0.571. The minimum Gasteiger partial charge on any atom is -0.480 e. The first-order chi connectivity index (χ1) is 9.34. The second-order valence-electron chi connectivity index (χ2n) is 5.64. The quantitative estimate of drug-likeness (QED) is 0.908. The Bertz CT molecular complexity index is 495. The van der Waals surface area contributed by atoms with Crippen LogP contribution in [0.2, 0.25) is 0 Å². The highest BCUT2D eigenvalue weighted by Gasteiger charge is 2.41. The summed E-state index contributed by atoms with van der Waals surface area (Å²) in [6.45, 7) is 3.65. The molecule has 1 saturated carbocycles. The van der Waals surface area contributed by atoms with Crippen LogP contribution >= 0.6 is 11.3 Å². The van der Waals surface area contributed by atoms with Crippen LogP contribution in [0, 0.1) is 0 Å². The molecule has 0 unspecified atom stereocenters. The first kappa shape index (κ1) is 14.8. The molecule has 5 nitrogen and oxygen atoms in total. The molecular weight excluding hydrogens is 276 g/mol. The molecule has 1 heterocycles. The summed E-state index contributed by atoms with van der Waals surface area (Å²) in [5.41, 5.74) is -1.21. The van der Waals surface area contributed by atoms with Crippen molar-refractivity contribution in [2.24, 2.45) is 0 Å². The lowest BCUT2D eigenvalue weighted by Gasteiger charge is -2.36. The first-order valence-electron chi connectivity index (χ1n) is 6.64. The number of hydrogen-bond acceptors (Lipinski definition) is 3. The molecular formula is C14H20N2O3S. The molecule has 0 spiro atoms. The van der Waals surface area contributed by atoms with Gasteiger partial charge in [0.2, 0.25) is 0 Å². The van der Waals surface area contributed by atoms with Gasteiger partial charge in [-0.3, -0.25) is 0 Å². The minimum atomic E-state index is -1.21. The molecule has 1 N–H and O–H groups in total. The van der Waals surface area contributed by atoms with Crippen LogP contribution in [-0.2, 0) is 11.3 Å². The van der Waals surface area contributed by atoms with Gasteiger partial charge in [-0.25, -0.2) is 9.59 Å². The summed E-state index contributed by atoms with van der Waals surface area (Å²) < 4.78 is 0. The maximum atomic E-state index is 12.6. The maximum absolute atomic E-state index is 12.6. The number of nitrogens with zero attached hydrogens (tertiary/aromatic N) is 2. The molecule has 0 bridgehead atoms. The molecule has 20 heavy (non-hydrogen) atoms. The Morgan fingerprint density at radius 2 is 2.10 bits per heavy atom. The van der Waals surface area contributed by atoms with Gasteiger partial charge in [-0.05, 0) is 38.1 Å². The van der Waals surface area contributed by atoms with E-state index < -0.39 is 11.5 Å². The summed E-state index contributed by atoms with van der Waals surface area (Å²) in [5.74, 6) is -1.000. The van der Waals surface area contributed by atoms with Gasteiger partial charge in [-0.2, -0.15) is 0 Å². The zero-order valence-electron chi connectivity index (χ0n) is 12.0. The summed E-state index contributed by atoms with van der Waals surface area (Å²) in [4.78, 5) is 28.1. The third-order valence-electron chi connectivity index (χ3n) is 3.79. The van der Waals surface area contributed by atoms with Crippen molar-refractivity contribution in [2.75, 3.05) is 7.05 Å². The number of urea groups is 1. The number of thiophene rings is 1. The van der Waals surface area contributed by atoms with E-state index in [2.05, 4.69) is 0 Å². The van der Waals surface area contributed by atoms with E-state index in [9.17, 15) is 14.7 Å². The topological polar surface area (TPSA) is 60.9 Å². The number of carbonyl (C=O) groups excluding carboxylic acids is 1. The van der Waals surface area contributed by atoms with Crippen molar-refractivity contribution in [2.45, 2.75) is 44.8 Å². The summed E-state index contributed by atoms with van der Waals surface area (Å²) in [6.07, 6.45) is 2.00. The summed E-state index contributed by atoms with van der Waals surface area (Å²) >= 11 is 1.61. The van der Waals surface area contributed by atoms with Gasteiger partial charge in [-0.1, -0.05) is 6.07 Å². The zero-order chi connectivity index (χ0) is 14.9. The van der Waals surface area contributed by atoms with Crippen molar-refractivity contribution >= 4 is 23.3 Å². The van der Waals surface area contributed by atoms with Crippen LogP contribution in [0.3, 0.4) is 0 Å². The Labute approximate surface area is 122 Å². The number of amides is 2. The average Bonchev–Trinajstić information content (AvgIpc) is 3.11. The predicted octanol–water partition coefficient (Wildman–Crippen LogP) is 2.63. The molecule has 2 amide bonds. The predicted molar refractivity (Wildman–Crippen MR) is 77.8 cm³/mol. The number of aliphatic carboxylic acids is 1. The highest BCUT2D eigenvalue weighted by molar-refractivity contribution is 7.09. The van der Waals surface area contributed by atoms with Crippen molar-refractivity contribution in [3.63, 3.8) is 0 Å². The molecule has 0 aromatic carbocycles. The molecule has 0 radical (unpaired) electrons. The molecule has 1 aromatic rings. The Morgan fingerprint density at radius 1 is 1.45 bits per heavy atom. The van der Waals surface area contributed by atoms with Crippen LogP contribution in [0.1, 0.15) is 31.6 Å². The van der Waals surface area contributed by atoms with Gasteiger partial charge in [-0.15, -0.1) is 11.3 Å². The van der Waals surface area contributed by atoms with Gasteiger partial charge < -0.3 is 14.9 Å². The molecule has 110 valence electrons. The van der Waals surface area contributed by atoms with Gasteiger partial charge in [0.15, 0.2) is 0 Å². The Balaban J connectivity index is 2.13. The third-order valence-corrected chi connectivity index (χ3v) is 4.65. The summed E-state index contributed by atoms with van der Waals surface area (Å²) in [7, 11) is 1.56. The lowest BCUT2D eigenvalue weighted by molar-refractivity contribution is -0.147. The fourth-order valence-electron chi connectivity index (χ4n) is 1.88. The first-order valence-corrected chi connectivity index (χ1v) is 7.52. The van der Waals surface area contributed by atoms with Crippen molar-refractivity contribution in [3.8, 4) is 0 Å². The monoisotopic (exact) mass is 296 g/mol. The summed E-state index contributed by atoms with van der Waals surface area (Å²) in [5, 5.41) is 11.2. The van der Waals surface area contributed by atoms with Crippen molar-refractivity contribution in [1.29, 1.82) is 0 Å². The van der Waals surface area contributed by atoms with Crippen LogP contribution < -0.4 is 0 Å². The molecule has 1 aliphatic carbocycles. The zero-order valence-corrected chi connectivity index (χ0v) is 12.8. The van der Waals surface area contributed by atoms with Crippen molar-refractivity contribution in [1.82, 2.24) is 9.80 Å². The van der Waals surface area contributed by atoms with Gasteiger partial charge in [0.1, 0.15) is 5.54 Å². The standard InChI is InChI=1S/C14H20N2O3S/c1-14(2,12(17)18)15(3)13(19)16(10-6-7-10)9-11-5-4-8-20-11/h4-5,8,10H,6-7,9H2,1-3H3,(H,17,18). The summed E-state index contributed by atoms with van der Waals surface area (Å²) in [6, 6.07) is 3.99. The molecule has 6 heteroatoms. The van der Waals surface area contributed by atoms with E-state index >= 15 is 0 Å². The van der Waals surface area contributed by atoms with Gasteiger partial charge in [0.25, 0.3) is 0 Å². The Kier molecular flexibility index (Phi) is 4.04. The number of carboxylic acids is 1.